The number of methoxy groups -OCH3 is 1. The van der Waals surface area contributed by atoms with Crippen LogP contribution in [-0.2, 0) is 9.53 Å². The number of aliphatic imine (C=N–C) groups is 1. The maximum atomic E-state index is 11.4. The van der Waals surface area contributed by atoms with E-state index in [1.165, 1.54) is 32.9 Å². The zero-order chi connectivity index (χ0) is 17.1. The second-order valence-corrected chi connectivity index (χ2v) is 6.30. The maximum absolute atomic E-state index is 11.4. The molecular formula is C17H35IN4O2. The molecule has 2 atom stereocenters. The Morgan fingerprint density at radius 3 is 2.75 bits per heavy atom. The van der Waals surface area contributed by atoms with Crippen molar-refractivity contribution in [3.05, 3.63) is 0 Å². The van der Waals surface area contributed by atoms with Crippen LogP contribution in [0, 0.1) is 5.92 Å². The van der Waals surface area contributed by atoms with E-state index in [1.54, 1.807) is 0 Å². The Balaban J connectivity index is 0.00000529. The minimum absolute atomic E-state index is 0. The monoisotopic (exact) mass is 454 g/mol. The zero-order valence-electron chi connectivity index (χ0n) is 15.6. The predicted molar refractivity (Wildman–Crippen MR) is 110 cm³/mol. The molecule has 0 saturated carbocycles. The van der Waals surface area contributed by atoms with Crippen molar-refractivity contribution < 1.29 is 9.53 Å². The molecule has 0 amide bonds. The van der Waals surface area contributed by atoms with Gasteiger partial charge in [0, 0.05) is 25.7 Å². The number of likely N-dealkylation sites (tertiary alicyclic amines) is 1. The molecule has 7 heteroatoms. The van der Waals surface area contributed by atoms with Crippen molar-refractivity contribution in [2.45, 2.75) is 52.5 Å². The summed E-state index contributed by atoms with van der Waals surface area (Å²) in [5.74, 6) is 0.336. The highest BCUT2D eigenvalue weighted by atomic mass is 127. The number of piperidine rings is 1. The van der Waals surface area contributed by atoms with Gasteiger partial charge < -0.3 is 20.3 Å². The molecule has 2 unspecified atom stereocenters. The molecular weight excluding hydrogens is 419 g/mol. The van der Waals surface area contributed by atoms with Crippen molar-refractivity contribution in [1.29, 1.82) is 0 Å². The number of ether oxygens (including phenoxy) is 1. The predicted octanol–water partition coefficient (Wildman–Crippen LogP) is 2.23. The van der Waals surface area contributed by atoms with Gasteiger partial charge in [0.25, 0.3) is 0 Å². The molecule has 1 saturated heterocycles. The number of guanidine groups is 1. The summed E-state index contributed by atoms with van der Waals surface area (Å²) in [5, 5.41) is 6.56. The summed E-state index contributed by atoms with van der Waals surface area (Å²) >= 11 is 0. The lowest BCUT2D eigenvalue weighted by Crippen LogP contribution is -2.41. The summed E-state index contributed by atoms with van der Waals surface area (Å²) in [5.41, 5.74) is 0. The van der Waals surface area contributed by atoms with Crippen molar-refractivity contribution in [1.82, 2.24) is 15.5 Å². The topological polar surface area (TPSA) is 66.0 Å². The molecule has 0 aliphatic carbocycles. The Hall–Kier alpha value is -0.570. The number of nitrogens with zero attached hydrogens (tertiary/aromatic N) is 2. The van der Waals surface area contributed by atoms with E-state index < -0.39 is 0 Å². The average Bonchev–Trinajstić information content (AvgIpc) is 2.56. The van der Waals surface area contributed by atoms with Crippen LogP contribution in [0.1, 0.15) is 46.5 Å². The number of nitrogens with one attached hydrogen (secondary N) is 2. The Morgan fingerprint density at radius 1 is 1.38 bits per heavy atom. The second kappa shape index (κ2) is 13.7. The highest BCUT2D eigenvalue weighted by Crippen LogP contribution is 2.15. The Kier molecular flexibility index (Phi) is 13.4. The minimum Gasteiger partial charge on any atom is -0.469 e. The first-order valence-corrected chi connectivity index (χ1v) is 8.92. The minimum atomic E-state index is -0.219. The van der Waals surface area contributed by atoms with Gasteiger partial charge in [0.1, 0.15) is 0 Å². The first-order valence-electron chi connectivity index (χ1n) is 8.92. The van der Waals surface area contributed by atoms with Crippen LogP contribution in [0.4, 0.5) is 0 Å². The lowest BCUT2D eigenvalue weighted by atomic mass is 10.0. The highest BCUT2D eigenvalue weighted by Gasteiger charge is 2.17. The standard InChI is InChI=1S/C17H34N4O2.HI/c1-5-18-17(20-13-14(2)16(22)23-4)19-10-8-12-21-11-7-6-9-15(21)3;/h14-15H,5-13H2,1-4H3,(H2,18,19,20);1H. The van der Waals surface area contributed by atoms with Crippen molar-refractivity contribution in [2.24, 2.45) is 10.9 Å². The molecule has 0 radical (unpaired) electrons. The van der Waals surface area contributed by atoms with Crippen LogP contribution in [0.5, 0.6) is 0 Å². The summed E-state index contributed by atoms with van der Waals surface area (Å²) in [7, 11) is 1.41. The molecule has 24 heavy (non-hydrogen) atoms. The highest BCUT2D eigenvalue weighted by molar-refractivity contribution is 14.0. The molecule has 0 aromatic rings. The third-order valence-corrected chi connectivity index (χ3v) is 4.33. The van der Waals surface area contributed by atoms with Gasteiger partial charge in [-0.3, -0.25) is 9.79 Å². The summed E-state index contributed by atoms with van der Waals surface area (Å²) in [6.45, 7) is 10.7. The van der Waals surface area contributed by atoms with E-state index in [9.17, 15) is 4.79 Å². The van der Waals surface area contributed by atoms with Crippen LogP contribution in [0.3, 0.4) is 0 Å². The Labute approximate surface area is 164 Å². The molecule has 2 N–H and O–H groups in total. The lowest BCUT2D eigenvalue weighted by Gasteiger charge is -2.33. The molecule has 1 fully saturated rings. The van der Waals surface area contributed by atoms with Crippen molar-refractivity contribution in [2.75, 3.05) is 39.8 Å². The smallest absolute Gasteiger partial charge is 0.310 e. The van der Waals surface area contributed by atoms with Crippen molar-refractivity contribution in [3.8, 4) is 0 Å². The van der Waals surface area contributed by atoms with E-state index in [2.05, 4.69) is 27.4 Å². The fourth-order valence-electron chi connectivity index (χ4n) is 2.82. The van der Waals surface area contributed by atoms with E-state index in [0.29, 0.717) is 12.6 Å². The summed E-state index contributed by atoms with van der Waals surface area (Å²) in [4.78, 5) is 18.5. The largest absolute Gasteiger partial charge is 0.469 e. The van der Waals surface area contributed by atoms with Gasteiger partial charge in [0.05, 0.1) is 19.6 Å². The first kappa shape index (κ1) is 23.4. The third-order valence-electron chi connectivity index (χ3n) is 4.33. The van der Waals surface area contributed by atoms with E-state index >= 15 is 0 Å². The number of carbonyl (C=O) groups is 1. The number of esters is 1. The average molecular weight is 454 g/mol. The fourth-order valence-corrected chi connectivity index (χ4v) is 2.82. The number of hydrogen-bond donors (Lipinski definition) is 2. The van der Waals surface area contributed by atoms with E-state index in [1.807, 2.05) is 13.8 Å². The first-order chi connectivity index (χ1) is 11.1. The summed E-state index contributed by atoms with van der Waals surface area (Å²) in [6, 6.07) is 0.714. The quantitative estimate of drug-likeness (QED) is 0.194. The van der Waals surface area contributed by atoms with E-state index in [0.717, 1.165) is 32.0 Å². The molecule has 0 aromatic carbocycles. The molecule has 1 aliphatic heterocycles. The third kappa shape index (κ3) is 9.05. The van der Waals surface area contributed by atoms with Gasteiger partial charge in [-0.15, -0.1) is 24.0 Å². The molecule has 142 valence electrons. The van der Waals surface area contributed by atoms with Crippen molar-refractivity contribution >= 4 is 35.9 Å². The van der Waals surface area contributed by atoms with E-state index in [-0.39, 0.29) is 35.9 Å². The van der Waals surface area contributed by atoms with Gasteiger partial charge in [0.2, 0.25) is 0 Å². The fraction of sp³-hybridized carbons (Fsp3) is 0.882. The van der Waals surface area contributed by atoms with Gasteiger partial charge in [-0.2, -0.15) is 0 Å². The molecule has 0 spiro atoms. The molecule has 1 aliphatic rings. The molecule has 6 nitrogen and oxygen atoms in total. The zero-order valence-corrected chi connectivity index (χ0v) is 18.0. The van der Waals surface area contributed by atoms with Crippen LogP contribution >= 0.6 is 24.0 Å². The molecule has 1 rings (SSSR count). The molecule has 0 aromatic heterocycles. The summed E-state index contributed by atoms with van der Waals surface area (Å²) < 4.78 is 4.73. The number of rotatable bonds is 8. The van der Waals surface area contributed by atoms with Gasteiger partial charge in [-0.25, -0.2) is 0 Å². The summed E-state index contributed by atoms with van der Waals surface area (Å²) in [6.07, 6.45) is 5.11. The number of hydrogen-bond acceptors (Lipinski definition) is 4. The van der Waals surface area contributed by atoms with Crippen LogP contribution < -0.4 is 10.6 Å². The SMILES string of the molecule is CCNC(=NCC(C)C(=O)OC)NCCCN1CCCCC1C.I. The Morgan fingerprint density at radius 2 is 2.12 bits per heavy atom. The van der Waals surface area contributed by atoms with Gasteiger partial charge in [0.15, 0.2) is 5.96 Å². The van der Waals surface area contributed by atoms with Crippen molar-refractivity contribution in [3.63, 3.8) is 0 Å². The maximum Gasteiger partial charge on any atom is 0.310 e. The van der Waals surface area contributed by atoms with Gasteiger partial charge >= 0.3 is 5.97 Å². The van der Waals surface area contributed by atoms with Crippen LogP contribution in [0.2, 0.25) is 0 Å². The van der Waals surface area contributed by atoms with Crippen LogP contribution in [0.15, 0.2) is 4.99 Å². The van der Waals surface area contributed by atoms with Crippen LogP contribution in [-0.4, -0.2) is 62.7 Å². The lowest BCUT2D eigenvalue weighted by molar-refractivity contribution is -0.144. The second-order valence-electron chi connectivity index (χ2n) is 6.30. The Bertz CT molecular complexity index is 380. The molecule has 0 bridgehead atoms. The van der Waals surface area contributed by atoms with E-state index in [4.69, 9.17) is 4.74 Å². The van der Waals surface area contributed by atoms with Gasteiger partial charge in [-0.1, -0.05) is 13.3 Å². The molecule has 1 heterocycles. The normalized spacial score (nSPS) is 20.0. The van der Waals surface area contributed by atoms with Gasteiger partial charge in [-0.05, 0) is 39.7 Å². The van der Waals surface area contributed by atoms with Crippen LogP contribution in [0.25, 0.3) is 0 Å². The number of halogens is 1. The number of carbonyl (C=O) groups excluding carboxylic acids is 1.